The minimum Gasteiger partial charge on any atom is -0.251 e. The first-order valence-electron chi connectivity index (χ1n) is 10.3. The Hall–Kier alpha value is -3.52. The summed E-state index contributed by atoms with van der Waals surface area (Å²) in [6.07, 6.45) is 0. The van der Waals surface area contributed by atoms with Crippen LogP contribution in [0.2, 0.25) is 0 Å². The maximum absolute atomic E-state index is 14.6. The third kappa shape index (κ3) is 2.03. The monoisotopic (exact) mass is 389 g/mol. The van der Waals surface area contributed by atoms with E-state index in [1.165, 1.54) is 16.7 Å². The van der Waals surface area contributed by atoms with Gasteiger partial charge in [0.2, 0.25) is 0 Å². The Labute approximate surface area is 175 Å². The van der Waals surface area contributed by atoms with Crippen molar-refractivity contribution in [3.63, 3.8) is 0 Å². The predicted molar refractivity (Wildman–Crippen MR) is 120 cm³/mol. The maximum atomic E-state index is 14.6. The fraction of sp³-hybridized carbons (Fsp3) is 0.107. The first-order valence-corrected chi connectivity index (χ1v) is 10.3. The van der Waals surface area contributed by atoms with Crippen molar-refractivity contribution in [3.05, 3.63) is 124 Å². The number of hydrogen-bond acceptors (Lipinski definition) is 1. The fourth-order valence-electron chi connectivity index (χ4n) is 5.24. The second-order valence-corrected chi connectivity index (χ2v) is 8.22. The molecular formula is C28H20FN. The summed E-state index contributed by atoms with van der Waals surface area (Å²) >= 11 is 0. The van der Waals surface area contributed by atoms with E-state index in [9.17, 15) is 4.39 Å². The Balaban J connectivity index is 1.82. The molecule has 1 aliphatic carbocycles. The van der Waals surface area contributed by atoms with Gasteiger partial charge in [0.15, 0.2) is 0 Å². The first kappa shape index (κ1) is 17.3. The van der Waals surface area contributed by atoms with Crippen molar-refractivity contribution in [2.45, 2.75) is 19.3 Å². The molecule has 0 N–H and O–H groups in total. The number of halogens is 1. The molecule has 0 saturated carbocycles. The Morgan fingerprint density at radius 3 is 2.27 bits per heavy atom. The van der Waals surface area contributed by atoms with Gasteiger partial charge in [-0.2, -0.15) is 0 Å². The lowest BCUT2D eigenvalue weighted by Crippen LogP contribution is -2.34. The normalized spacial score (nSPS) is 18.2. The van der Waals surface area contributed by atoms with E-state index in [4.69, 9.17) is 4.99 Å². The molecule has 1 spiro atoms. The van der Waals surface area contributed by atoms with Crippen LogP contribution in [0.3, 0.4) is 0 Å². The van der Waals surface area contributed by atoms with Crippen LogP contribution in [0.25, 0.3) is 11.1 Å². The van der Waals surface area contributed by atoms with Crippen molar-refractivity contribution in [2.24, 2.45) is 4.99 Å². The fourth-order valence-corrected chi connectivity index (χ4v) is 5.24. The average Bonchev–Trinajstić information content (AvgIpc) is 3.27. The number of hydrogen-bond donors (Lipinski definition) is 0. The van der Waals surface area contributed by atoms with Gasteiger partial charge in [-0.3, -0.25) is 4.99 Å². The second-order valence-electron chi connectivity index (χ2n) is 8.22. The number of benzene rings is 4. The van der Waals surface area contributed by atoms with E-state index in [0.29, 0.717) is 0 Å². The molecule has 6 rings (SSSR count). The minimum absolute atomic E-state index is 0.217. The van der Waals surface area contributed by atoms with Gasteiger partial charge in [-0.1, -0.05) is 72.8 Å². The standard InChI is InChI=1S/C28H20FN/c1-17-12-15-24-26(18(17)2)30-27(19-8-4-3-5-9-19)28(24)23-11-7-6-10-21(23)22-14-13-20(29)16-25(22)28/h3-16H,1-2H3. The van der Waals surface area contributed by atoms with E-state index < -0.39 is 5.41 Å². The zero-order valence-electron chi connectivity index (χ0n) is 16.9. The Morgan fingerprint density at radius 1 is 0.700 bits per heavy atom. The average molecular weight is 389 g/mol. The first-order chi connectivity index (χ1) is 14.6. The molecule has 2 aliphatic rings. The summed E-state index contributed by atoms with van der Waals surface area (Å²) < 4.78 is 14.6. The molecule has 2 heteroatoms. The smallest absolute Gasteiger partial charge is 0.123 e. The van der Waals surface area contributed by atoms with Crippen LogP contribution in [0.15, 0.2) is 89.9 Å². The van der Waals surface area contributed by atoms with Gasteiger partial charge >= 0.3 is 0 Å². The topological polar surface area (TPSA) is 12.4 Å². The number of rotatable bonds is 1. The number of aryl methyl sites for hydroxylation is 1. The zero-order chi connectivity index (χ0) is 20.5. The molecule has 4 aromatic carbocycles. The molecule has 0 amide bonds. The van der Waals surface area contributed by atoms with Crippen LogP contribution in [-0.2, 0) is 5.41 Å². The van der Waals surface area contributed by atoms with Gasteiger partial charge in [0.25, 0.3) is 0 Å². The number of fused-ring (bicyclic) bond motifs is 7. The molecule has 1 unspecified atom stereocenters. The van der Waals surface area contributed by atoms with Crippen molar-refractivity contribution in [3.8, 4) is 11.1 Å². The van der Waals surface area contributed by atoms with E-state index in [1.54, 1.807) is 12.1 Å². The second kappa shape index (κ2) is 5.99. The van der Waals surface area contributed by atoms with Crippen LogP contribution >= 0.6 is 0 Å². The molecule has 4 aromatic rings. The van der Waals surface area contributed by atoms with Crippen LogP contribution in [0.1, 0.15) is 33.4 Å². The highest BCUT2D eigenvalue weighted by atomic mass is 19.1. The van der Waals surface area contributed by atoms with Crippen molar-refractivity contribution in [1.29, 1.82) is 0 Å². The quantitative estimate of drug-likeness (QED) is 0.336. The molecule has 30 heavy (non-hydrogen) atoms. The van der Waals surface area contributed by atoms with Gasteiger partial charge in [0.05, 0.1) is 16.8 Å². The molecule has 0 saturated heterocycles. The van der Waals surface area contributed by atoms with Gasteiger partial charge in [-0.15, -0.1) is 0 Å². The minimum atomic E-state index is -0.608. The Kier molecular flexibility index (Phi) is 3.47. The molecule has 0 radical (unpaired) electrons. The highest BCUT2D eigenvalue weighted by Crippen LogP contribution is 2.59. The summed E-state index contributed by atoms with van der Waals surface area (Å²) in [5.41, 5.74) is 10.4. The van der Waals surface area contributed by atoms with Crippen LogP contribution in [-0.4, -0.2) is 5.71 Å². The van der Waals surface area contributed by atoms with Crippen molar-refractivity contribution >= 4 is 11.4 Å². The number of aliphatic imine (C=N–C) groups is 1. The van der Waals surface area contributed by atoms with Crippen LogP contribution < -0.4 is 0 Å². The highest BCUT2D eigenvalue weighted by molar-refractivity contribution is 6.20. The van der Waals surface area contributed by atoms with E-state index in [-0.39, 0.29) is 5.82 Å². The molecule has 144 valence electrons. The lowest BCUT2D eigenvalue weighted by Gasteiger charge is -2.31. The van der Waals surface area contributed by atoms with Gasteiger partial charge in [0, 0.05) is 0 Å². The molecule has 1 nitrogen and oxygen atoms in total. The molecule has 1 heterocycles. The Bertz CT molecular complexity index is 1370. The largest absolute Gasteiger partial charge is 0.251 e. The SMILES string of the molecule is Cc1ccc2c(c1C)N=C(c1ccccc1)C21c2ccccc2-c2ccc(F)cc21. The molecule has 0 bridgehead atoms. The van der Waals surface area contributed by atoms with E-state index in [0.717, 1.165) is 39.2 Å². The molecule has 0 aromatic heterocycles. The molecule has 0 fully saturated rings. The van der Waals surface area contributed by atoms with Crippen molar-refractivity contribution < 1.29 is 4.39 Å². The summed E-state index contributed by atoms with van der Waals surface area (Å²) in [4.78, 5) is 5.24. The maximum Gasteiger partial charge on any atom is 0.123 e. The van der Waals surface area contributed by atoms with Gasteiger partial charge in [-0.25, -0.2) is 4.39 Å². The van der Waals surface area contributed by atoms with Crippen LogP contribution in [0.4, 0.5) is 10.1 Å². The third-order valence-electron chi connectivity index (χ3n) is 6.74. The highest BCUT2D eigenvalue weighted by Gasteiger charge is 2.53. The van der Waals surface area contributed by atoms with E-state index in [2.05, 4.69) is 62.4 Å². The summed E-state index contributed by atoms with van der Waals surface area (Å²) in [6.45, 7) is 4.25. The van der Waals surface area contributed by atoms with Crippen molar-refractivity contribution in [1.82, 2.24) is 0 Å². The van der Waals surface area contributed by atoms with E-state index in [1.807, 2.05) is 24.3 Å². The number of nitrogens with zero attached hydrogens (tertiary/aromatic N) is 1. The van der Waals surface area contributed by atoms with Gasteiger partial charge in [0.1, 0.15) is 5.82 Å². The third-order valence-corrected chi connectivity index (χ3v) is 6.74. The zero-order valence-corrected chi connectivity index (χ0v) is 16.9. The molecule has 1 aliphatic heterocycles. The van der Waals surface area contributed by atoms with Crippen LogP contribution in [0, 0.1) is 19.7 Å². The summed E-state index contributed by atoms with van der Waals surface area (Å²) in [6, 6.07) is 28.3. The molecule has 1 atom stereocenters. The van der Waals surface area contributed by atoms with Crippen molar-refractivity contribution in [2.75, 3.05) is 0 Å². The lowest BCUT2D eigenvalue weighted by atomic mass is 9.68. The Morgan fingerprint density at radius 2 is 1.43 bits per heavy atom. The summed E-state index contributed by atoms with van der Waals surface area (Å²) in [5.74, 6) is -0.217. The van der Waals surface area contributed by atoms with E-state index >= 15 is 0 Å². The summed E-state index contributed by atoms with van der Waals surface area (Å²) in [5, 5.41) is 0. The summed E-state index contributed by atoms with van der Waals surface area (Å²) in [7, 11) is 0. The van der Waals surface area contributed by atoms with Gasteiger partial charge < -0.3 is 0 Å². The predicted octanol–water partition coefficient (Wildman–Crippen LogP) is 6.89. The van der Waals surface area contributed by atoms with Crippen LogP contribution in [0.5, 0.6) is 0 Å². The molecular weight excluding hydrogens is 369 g/mol. The lowest BCUT2D eigenvalue weighted by molar-refractivity contribution is 0.624. The van der Waals surface area contributed by atoms with Gasteiger partial charge in [-0.05, 0) is 70.5 Å².